The first-order valence-corrected chi connectivity index (χ1v) is 10.9. The molecule has 146 valence electrons. The smallest absolute Gasteiger partial charge is 0.261 e. The molecule has 0 aliphatic heterocycles. The van der Waals surface area contributed by atoms with Crippen LogP contribution < -0.4 is 10.1 Å². The number of carbonyl (C=O) groups excluding carboxylic acids is 1. The summed E-state index contributed by atoms with van der Waals surface area (Å²) in [5, 5.41) is 2.95. The van der Waals surface area contributed by atoms with Crippen molar-refractivity contribution in [3.05, 3.63) is 59.2 Å². The van der Waals surface area contributed by atoms with E-state index in [-0.39, 0.29) is 16.8 Å². The Morgan fingerprint density at radius 3 is 2.30 bits per heavy atom. The van der Waals surface area contributed by atoms with Crippen LogP contribution in [0.4, 0.5) is 0 Å². The van der Waals surface area contributed by atoms with Crippen LogP contribution in [0.1, 0.15) is 43.0 Å². The highest BCUT2D eigenvalue weighted by Crippen LogP contribution is 2.23. The van der Waals surface area contributed by atoms with Crippen LogP contribution in [0.2, 0.25) is 0 Å². The lowest BCUT2D eigenvalue weighted by atomic mass is 10.1. The number of aryl methyl sites for hydroxylation is 1. The molecule has 27 heavy (non-hydrogen) atoms. The first-order valence-electron chi connectivity index (χ1n) is 8.96. The number of rotatable bonds is 7. The quantitative estimate of drug-likeness (QED) is 0.783. The lowest BCUT2D eigenvalue weighted by Crippen LogP contribution is -2.39. The molecule has 0 fully saturated rings. The number of benzene rings is 2. The molecule has 2 aromatic rings. The number of sulfone groups is 1. The average Bonchev–Trinajstić information content (AvgIpc) is 2.62. The molecule has 5 nitrogen and oxygen atoms in total. The maximum Gasteiger partial charge on any atom is 0.261 e. The monoisotopic (exact) mass is 389 g/mol. The first-order chi connectivity index (χ1) is 12.6. The van der Waals surface area contributed by atoms with Gasteiger partial charge >= 0.3 is 0 Å². The Morgan fingerprint density at radius 2 is 1.74 bits per heavy atom. The van der Waals surface area contributed by atoms with E-state index in [0.717, 1.165) is 16.7 Å². The van der Waals surface area contributed by atoms with Gasteiger partial charge in [-0.25, -0.2) is 8.42 Å². The molecule has 0 radical (unpaired) electrons. The standard InChI is InChI=1S/C21H27NO4S/c1-6-19(26-20-9-7-8-14(2)15(20)3)21(23)22-16(4)17-10-12-18(13-11-17)27(5,24)25/h7-13,16,19H,6H2,1-5H3,(H,22,23). The van der Waals surface area contributed by atoms with Gasteiger partial charge in [-0.1, -0.05) is 31.2 Å². The highest BCUT2D eigenvalue weighted by Gasteiger charge is 2.21. The summed E-state index contributed by atoms with van der Waals surface area (Å²) in [5.74, 6) is 0.514. The molecule has 2 rings (SSSR count). The van der Waals surface area contributed by atoms with Crippen LogP contribution >= 0.6 is 0 Å². The maximum atomic E-state index is 12.7. The van der Waals surface area contributed by atoms with Crippen LogP contribution in [0.25, 0.3) is 0 Å². The third-order valence-corrected chi connectivity index (χ3v) is 5.78. The van der Waals surface area contributed by atoms with Gasteiger partial charge in [0.1, 0.15) is 5.75 Å². The Balaban J connectivity index is 2.08. The van der Waals surface area contributed by atoms with Gasteiger partial charge in [0.05, 0.1) is 10.9 Å². The van der Waals surface area contributed by atoms with Crippen LogP contribution in [0.3, 0.4) is 0 Å². The molecule has 1 N–H and O–H groups in total. The van der Waals surface area contributed by atoms with Gasteiger partial charge in [-0.2, -0.15) is 0 Å². The predicted octanol–water partition coefficient (Wildman–Crippen LogP) is 3.74. The topological polar surface area (TPSA) is 72.5 Å². The van der Waals surface area contributed by atoms with Gasteiger partial charge in [-0.05, 0) is 62.1 Å². The van der Waals surface area contributed by atoms with E-state index in [1.807, 2.05) is 45.9 Å². The molecule has 2 aromatic carbocycles. The summed E-state index contributed by atoms with van der Waals surface area (Å²) in [7, 11) is -3.24. The summed E-state index contributed by atoms with van der Waals surface area (Å²) in [4.78, 5) is 12.9. The molecular formula is C21H27NO4S. The SMILES string of the molecule is CCC(Oc1cccc(C)c1C)C(=O)NC(C)c1ccc(S(C)(=O)=O)cc1. The van der Waals surface area contributed by atoms with Crippen molar-refractivity contribution >= 4 is 15.7 Å². The Morgan fingerprint density at radius 1 is 1.11 bits per heavy atom. The van der Waals surface area contributed by atoms with E-state index in [2.05, 4.69) is 5.32 Å². The lowest BCUT2D eigenvalue weighted by molar-refractivity contribution is -0.128. The second-order valence-electron chi connectivity index (χ2n) is 6.78. The zero-order valence-electron chi connectivity index (χ0n) is 16.4. The number of carbonyl (C=O) groups is 1. The Bertz CT molecular complexity index is 904. The van der Waals surface area contributed by atoms with Crippen molar-refractivity contribution in [2.75, 3.05) is 6.26 Å². The van der Waals surface area contributed by atoms with Crippen molar-refractivity contribution in [2.45, 2.75) is 51.2 Å². The fourth-order valence-electron chi connectivity index (χ4n) is 2.72. The molecule has 0 aliphatic carbocycles. The Hall–Kier alpha value is -2.34. The van der Waals surface area contributed by atoms with Gasteiger partial charge in [0.15, 0.2) is 15.9 Å². The van der Waals surface area contributed by atoms with Crippen molar-refractivity contribution in [1.29, 1.82) is 0 Å². The van der Waals surface area contributed by atoms with Gasteiger partial charge in [0, 0.05) is 6.26 Å². The van der Waals surface area contributed by atoms with Crippen molar-refractivity contribution in [3.8, 4) is 5.75 Å². The minimum absolute atomic E-state index is 0.196. The molecule has 0 bridgehead atoms. The molecule has 0 saturated carbocycles. The molecule has 1 amide bonds. The number of ether oxygens (including phenoxy) is 1. The predicted molar refractivity (Wildman–Crippen MR) is 107 cm³/mol. The molecule has 0 aliphatic rings. The Kier molecular flexibility index (Phi) is 6.65. The highest BCUT2D eigenvalue weighted by molar-refractivity contribution is 7.90. The number of hydrogen-bond donors (Lipinski definition) is 1. The van der Waals surface area contributed by atoms with Gasteiger partial charge in [0.25, 0.3) is 5.91 Å². The third kappa shape index (κ3) is 5.32. The average molecular weight is 390 g/mol. The van der Waals surface area contributed by atoms with E-state index in [1.54, 1.807) is 24.3 Å². The maximum absolute atomic E-state index is 12.7. The molecule has 0 aromatic heterocycles. The first kappa shape index (κ1) is 21.0. The minimum Gasteiger partial charge on any atom is -0.480 e. The van der Waals surface area contributed by atoms with Gasteiger partial charge < -0.3 is 10.1 Å². The largest absolute Gasteiger partial charge is 0.480 e. The fraction of sp³-hybridized carbons (Fsp3) is 0.381. The third-order valence-electron chi connectivity index (χ3n) is 4.65. The normalized spacial score (nSPS) is 13.7. The van der Waals surface area contributed by atoms with Crippen LogP contribution in [0, 0.1) is 13.8 Å². The van der Waals surface area contributed by atoms with Crippen molar-refractivity contribution in [1.82, 2.24) is 5.32 Å². The van der Waals surface area contributed by atoms with E-state index in [0.29, 0.717) is 12.2 Å². The molecule has 2 atom stereocenters. The van der Waals surface area contributed by atoms with Gasteiger partial charge in [-0.15, -0.1) is 0 Å². The fourth-order valence-corrected chi connectivity index (χ4v) is 3.35. The summed E-state index contributed by atoms with van der Waals surface area (Å²) in [6, 6.07) is 12.1. The summed E-state index contributed by atoms with van der Waals surface area (Å²) < 4.78 is 29.1. The summed E-state index contributed by atoms with van der Waals surface area (Å²) in [6.45, 7) is 7.74. The van der Waals surface area contributed by atoms with Crippen LogP contribution in [0.15, 0.2) is 47.4 Å². The zero-order valence-corrected chi connectivity index (χ0v) is 17.3. The van der Waals surface area contributed by atoms with Gasteiger partial charge in [-0.3, -0.25) is 4.79 Å². The van der Waals surface area contributed by atoms with Crippen LogP contribution in [-0.4, -0.2) is 26.7 Å². The molecule has 6 heteroatoms. The Labute approximate surface area is 161 Å². The molecular weight excluding hydrogens is 362 g/mol. The van der Waals surface area contributed by atoms with E-state index in [1.165, 1.54) is 6.26 Å². The van der Waals surface area contributed by atoms with Crippen molar-refractivity contribution in [2.24, 2.45) is 0 Å². The second-order valence-corrected chi connectivity index (χ2v) is 8.80. The van der Waals surface area contributed by atoms with Crippen molar-refractivity contribution in [3.63, 3.8) is 0 Å². The summed E-state index contributed by atoms with van der Waals surface area (Å²) >= 11 is 0. The second kappa shape index (κ2) is 8.57. The van der Waals surface area contributed by atoms with E-state index < -0.39 is 15.9 Å². The lowest BCUT2D eigenvalue weighted by Gasteiger charge is -2.22. The van der Waals surface area contributed by atoms with Gasteiger partial charge in [0.2, 0.25) is 0 Å². The summed E-state index contributed by atoms with van der Waals surface area (Å²) in [5.41, 5.74) is 2.97. The number of amides is 1. The molecule has 0 spiro atoms. The van der Waals surface area contributed by atoms with E-state index in [4.69, 9.17) is 4.74 Å². The van der Waals surface area contributed by atoms with Crippen LogP contribution in [0.5, 0.6) is 5.75 Å². The zero-order chi connectivity index (χ0) is 20.2. The van der Waals surface area contributed by atoms with Crippen LogP contribution in [-0.2, 0) is 14.6 Å². The van der Waals surface area contributed by atoms with Crippen molar-refractivity contribution < 1.29 is 17.9 Å². The van der Waals surface area contributed by atoms with E-state index in [9.17, 15) is 13.2 Å². The molecule has 0 saturated heterocycles. The molecule has 0 heterocycles. The van der Waals surface area contributed by atoms with E-state index >= 15 is 0 Å². The minimum atomic E-state index is -3.24. The number of hydrogen-bond acceptors (Lipinski definition) is 4. The number of nitrogens with one attached hydrogen (secondary N) is 1. The molecule has 2 unspecified atom stereocenters. The summed E-state index contributed by atoms with van der Waals surface area (Å²) in [6.07, 6.45) is 1.12. The highest BCUT2D eigenvalue weighted by atomic mass is 32.2.